The second kappa shape index (κ2) is 8.47. The van der Waals surface area contributed by atoms with Crippen LogP contribution in [-0.4, -0.2) is 49.1 Å². The minimum atomic E-state index is -4.01. The van der Waals surface area contributed by atoms with Crippen molar-refractivity contribution in [3.05, 3.63) is 58.5 Å². The summed E-state index contributed by atoms with van der Waals surface area (Å²) in [6, 6.07) is 9.84. The van der Waals surface area contributed by atoms with Crippen LogP contribution in [0.4, 0.5) is 5.69 Å². The van der Waals surface area contributed by atoms with Crippen LogP contribution in [0.1, 0.15) is 5.89 Å². The number of nitro groups is 1. The highest BCUT2D eigenvalue weighted by Crippen LogP contribution is 2.31. The van der Waals surface area contributed by atoms with Crippen molar-refractivity contribution in [3.63, 3.8) is 0 Å². The molecule has 0 saturated carbocycles. The molecule has 0 fully saturated rings. The summed E-state index contributed by atoms with van der Waals surface area (Å²) in [7, 11) is 0.312. The first-order valence-electron chi connectivity index (χ1n) is 8.52. The van der Waals surface area contributed by atoms with Crippen LogP contribution in [0, 0.1) is 10.1 Å². The van der Waals surface area contributed by atoms with Crippen LogP contribution in [-0.2, 0) is 16.6 Å². The fourth-order valence-corrected chi connectivity index (χ4v) is 3.79. The Balaban J connectivity index is 1.84. The molecule has 12 heteroatoms. The molecule has 0 N–H and O–H groups in total. The fourth-order valence-electron chi connectivity index (χ4n) is 2.62. The average molecular weight is 434 g/mol. The third-order valence-corrected chi connectivity index (χ3v) is 6.01. The molecule has 0 bridgehead atoms. The van der Waals surface area contributed by atoms with Gasteiger partial charge >= 0.3 is 0 Å². The summed E-state index contributed by atoms with van der Waals surface area (Å²) in [4.78, 5) is 14.3. The molecule has 0 atom stereocenters. The number of methoxy groups -OCH3 is 2. The highest BCUT2D eigenvalue weighted by atomic mass is 32.2. The van der Waals surface area contributed by atoms with Crippen molar-refractivity contribution >= 4 is 15.7 Å². The molecule has 30 heavy (non-hydrogen) atoms. The van der Waals surface area contributed by atoms with E-state index in [1.165, 1.54) is 39.5 Å². The normalized spacial score (nSPS) is 11.5. The summed E-state index contributed by atoms with van der Waals surface area (Å²) in [5.41, 5.74) is 0.216. The van der Waals surface area contributed by atoms with Crippen LogP contribution in [0.15, 0.2) is 51.9 Å². The lowest BCUT2D eigenvalue weighted by atomic mass is 10.2. The number of rotatable bonds is 8. The number of nitro benzene ring substituents is 1. The number of hydrogen-bond acceptors (Lipinski definition) is 9. The zero-order valence-electron chi connectivity index (χ0n) is 16.3. The molecular weight excluding hydrogens is 416 g/mol. The molecule has 2 aromatic carbocycles. The molecule has 0 unspecified atom stereocenters. The van der Waals surface area contributed by atoms with E-state index in [1.807, 2.05) is 0 Å². The predicted molar refractivity (Wildman–Crippen MR) is 105 cm³/mol. The summed E-state index contributed by atoms with van der Waals surface area (Å²) in [5.74, 6) is 1.30. The van der Waals surface area contributed by atoms with Gasteiger partial charge in [-0.2, -0.15) is 9.29 Å². The molecule has 0 aliphatic carbocycles. The Labute approximate surface area is 172 Å². The van der Waals surface area contributed by atoms with E-state index < -0.39 is 14.9 Å². The smallest absolute Gasteiger partial charge is 0.270 e. The van der Waals surface area contributed by atoms with E-state index in [4.69, 9.17) is 14.0 Å². The second-order valence-electron chi connectivity index (χ2n) is 6.09. The Morgan fingerprint density at radius 2 is 1.93 bits per heavy atom. The second-order valence-corrected chi connectivity index (χ2v) is 8.14. The third-order valence-electron chi connectivity index (χ3n) is 4.21. The van der Waals surface area contributed by atoms with Crippen LogP contribution < -0.4 is 9.47 Å². The zero-order chi connectivity index (χ0) is 21.9. The molecule has 0 aliphatic rings. The maximum atomic E-state index is 12.7. The van der Waals surface area contributed by atoms with Gasteiger partial charge in [0.1, 0.15) is 11.5 Å². The van der Waals surface area contributed by atoms with Crippen molar-refractivity contribution in [1.82, 2.24) is 14.4 Å². The molecule has 0 saturated heterocycles. The first kappa shape index (κ1) is 21.2. The van der Waals surface area contributed by atoms with Crippen molar-refractivity contribution in [2.45, 2.75) is 11.4 Å². The number of ether oxygens (including phenoxy) is 2. The zero-order valence-corrected chi connectivity index (χ0v) is 17.1. The van der Waals surface area contributed by atoms with Gasteiger partial charge in [0.05, 0.1) is 36.1 Å². The number of sulfonamides is 1. The minimum Gasteiger partial charge on any atom is -0.497 e. The molecular formula is C18H18N4O7S. The van der Waals surface area contributed by atoms with E-state index in [9.17, 15) is 18.5 Å². The summed E-state index contributed by atoms with van der Waals surface area (Å²) in [6.07, 6.45) is 0. The lowest BCUT2D eigenvalue weighted by Crippen LogP contribution is -2.26. The lowest BCUT2D eigenvalue weighted by molar-refractivity contribution is -0.385. The van der Waals surface area contributed by atoms with Gasteiger partial charge < -0.3 is 14.0 Å². The Kier molecular flexibility index (Phi) is 5.99. The van der Waals surface area contributed by atoms with Gasteiger partial charge in [0, 0.05) is 25.2 Å². The standard InChI is InChI=1S/C18H18N4O7S/c1-21(30(25,26)14-6-4-5-12(9-14)22(23)24)11-17-19-18(20-29-17)15-8-7-13(27-2)10-16(15)28-3/h4-10H,11H2,1-3H3. The first-order chi connectivity index (χ1) is 14.3. The van der Waals surface area contributed by atoms with Crippen LogP contribution in [0.5, 0.6) is 11.5 Å². The van der Waals surface area contributed by atoms with Crippen LogP contribution >= 0.6 is 0 Å². The van der Waals surface area contributed by atoms with Crippen LogP contribution in [0.25, 0.3) is 11.4 Å². The summed E-state index contributed by atoms with van der Waals surface area (Å²) in [5, 5.41) is 14.8. The molecule has 3 aromatic rings. The number of aromatic nitrogens is 2. The summed E-state index contributed by atoms with van der Waals surface area (Å²) >= 11 is 0. The van der Waals surface area contributed by atoms with E-state index in [0.717, 1.165) is 10.4 Å². The van der Waals surface area contributed by atoms with E-state index in [1.54, 1.807) is 18.2 Å². The van der Waals surface area contributed by atoms with Gasteiger partial charge in [-0.15, -0.1) is 0 Å². The maximum Gasteiger partial charge on any atom is 0.270 e. The van der Waals surface area contributed by atoms with Gasteiger partial charge in [-0.1, -0.05) is 11.2 Å². The molecule has 158 valence electrons. The molecule has 1 aromatic heterocycles. The van der Waals surface area contributed by atoms with Gasteiger partial charge in [-0.3, -0.25) is 10.1 Å². The third kappa shape index (κ3) is 4.23. The number of non-ortho nitro benzene ring substituents is 1. The minimum absolute atomic E-state index is 0.0411. The van der Waals surface area contributed by atoms with Crippen molar-refractivity contribution in [3.8, 4) is 22.9 Å². The number of benzene rings is 2. The van der Waals surface area contributed by atoms with Crippen molar-refractivity contribution in [1.29, 1.82) is 0 Å². The van der Waals surface area contributed by atoms with Gasteiger partial charge in [-0.05, 0) is 18.2 Å². The van der Waals surface area contributed by atoms with Crippen LogP contribution in [0.2, 0.25) is 0 Å². The highest BCUT2D eigenvalue weighted by molar-refractivity contribution is 7.89. The fraction of sp³-hybridized carbons (Fsp3) is 0.222. The predicted octanol–water partition coefficient (Wildman–Crippen LogP) is 2.48. The molecule has 0 radical (unpaired) electrons. The molecule has 0 spiro atoms. The average Bonchev–Trinajstić information content (AvgIpc) is 3.21. The summed E-state index contributed by atoms with van der Waals surface area (Å²) in [6.45, 7) is -0.226. The van der Waals surface area contributed by atoms with E-state index in [0.29, 0.717) is 17.1 Å². The Hall–Kier alpha value is -3.51. The maximum absolute atomic E-state index is 12.7. The van der Waals surface area contributed by atoms with Crippen molar-refractivity contribution in [2.75, 3.05) is 21.3 Å². The van der Waals surface area contributed by atoms with Gasteiger partial charge in [-0.25, -0.2) is 8.42 Å². The quantitative estimate of drug-likeness (QED) is 0.386. The molecule has 1 heterocycles. The first-order valence-corrected chi connectivity index (χ1v) is 9.96. The topological polar surface area (TPSA) is 138 Å². The van der Waals surface area contributed by atoms with Gasteiger partial charge in [0.2, 0.25) is 21.7 Å². The lowest BCUT2D eigenvalue weighted by Gasteiger charge is -2.14. The number of nitrogens with zero attached hydrogens (tertiary/aromatic N) is 4. The van der Waals surface area contributed by atoms with E-state index >= 15 is 0 Å². The molecule has 11 nitrogen and oxygen atoms in total. The highest BCUT2D eigenvalue weighted by Gasteiger charge is 2.25. The van der Waals surface area contributed by atoms with E-state index in [2.05, 4.69) is 10.1 Å². The molecule has 0 aliphatic heterocycles. The SMILES string of the molecule is COc1ccc(-c2noc(CN(C)S(=O)(=O)c3cccc([N+](=O)[O-])c3)n2)c(OC)c1. The Bertz CT molecular complexity index is 1180. The van der Waals surface area contributed by atoms with Gasteiger partial charge in [0.15, 0.2) is 0 Å². The molecule has 0 amide bonds. The number of hydrogen-bond donors (Lipinski definition) is 0. The summed E-state index contributed by atoms with van der Waals surface area (Å²) < 4.78 is 42.1. The van der Waals surface area contributed by atoms with E-state index in [-0.39, 0.29) is 28.8 Å². The molecule has 3 rings (SSSR count). The monoisotopic (exact) mass is 434 g/mol. The Morgan fingerprint density at radius 1 is 1.17 bits per heavy atom. The van der Waals surface area contributed by atoms with Crippen molar-refractivity contribution in [2.24, 2.45) is 0 Å². The van der Waals surface area contributed by atoms with Crippen LogP contribution in [0.3, 0.4) is 0 Å². The largest absolute Gasteiger partial charge is 0.497 e. The Morgan fingerprint density at radius 3 is 2.60 bits per heavy atom. The van der Waals surface area contributed by atoms with Crippen molar-refractivity contribution < 1.29 is 27.3 Å². The van der Waals surface area contributed by atoms with Gasteiger partial charge in [0.25, 0.3) is 5.69 Å².